The molecule has 0 spiro atoms. The van der Waals surface area contributed by atoms with Gasteiger partial charge in [0.1, 0.15) is 0 Å². The van der Waals surface area contributed by atoms with Gasteiger partial charge in [-0.1, -0.05) is 55.6 Å². The minimum atomic E-state index is 1.05. The molecule has 20 heavy (non-hydrogen) atoms. The molecule has 0 unspecified atom stereocenters. The molecule has 0 heterocycles. The predicted octanol–water partition coefficient (Wildman–Crippen LogP) is 3.97. The van der Waals surface area contributed by atoms with Gasteiger partial charge in [-0.15, -0.1) is 0 Å². The summed E-state index contributed by atoms with van der Waals surface area (Å²) in [5, 5.41) is 9.66. The summed E-state index contributed by atoms with van der Waals surface area (Å²) in [5.41, 5.74) is 0. The predicted molar refractivity (Wildman–Crippen MR) is 89.3 cm³/mol. The molecule has 0 aromatic heterocycles. The van der Waals surface area contributed by atoms with E-state index in [1.54, 1.807) is 0 Å². The van der Waals surface area contributed by atoms with Crippen LogP contribution in [0.25, 0.3) is 45.5 Å². The zero-order valence-electron chi connectivity index (χ0n) is 11.2. The second-order valence-corrected chi connectivity index (χ2v) is 5.34. The molecule has 0 saturated heterocycles. The number of fused-ring (bicyclic) bond motifs is 4. The summed E-state index contributed by atoms with van der Waals surface area (Å²) in [6, 6.07) is 21.5. The van der Waals surface area contributed by atoms with Crippen LogP contribution >= 0.6 is 0 Å². The third-order valence-corrected chi connectivity index (χ3v) is 3.97. The fourth-order valence-electron chi connectivity index (χ4n) is 2.99. The van der Waals surface area contributed by atoms with Crippen LogP contribution in [0.2, 0.25) is 0 Å². The molecule has 0 nitrogen and oxygen atoms in total. The lowest BCUT2D eigenvalue weighted by atomic mass is 9.97. The van der Waals surface area contributed by atoms with Crippen LogP contribution in [-0.4, -0.2) is 0 Å². The van der Waals surface area contributed by atoms with Gasteiger partial charge in [0.15, 0.2) is 0 Å². The van der Waals surface area contributed by atoms with E-state index in [9.17, 15) is 0 Å². The van der Waals surface area contributed by atoms with Crippen molar-refractivity contribution in [1.82, 2.24) is 0 Å². The van der Waals surface area contributed by atoms with E-state index in [1.807, 2.05) is 0 Å². The van der Waals surface area contributed by atoms with Crippen molar-refractivity contribution in [2.24, 2.45) is 0 Å². The highest BCUT2D eigenvalue weighted by molar-refractivity contribution is 6.12. The van der Waals surface area contributed by atoms with Gasteiger partial charge in [0, 0.05) is 0 Å². The molecule has 0 fully saturated rings. The van der Waals surface area contributed by atoms with Crippen LogP contribution < -0.4 is 10.4 Å². The van der Waals surface area contributed by atoms with Gasteiger partial charge in [-0.3, -0.25) is 0 Å². The number of benzene rings is 4. The third kappa shape index (κ3) is 1.55. The van der Waals surface area contributed by atoms with Crippen LogP contribution in [0.5, 0.6) is 0 Å². The summed E-state index contributed by atoms with van der Waals surface area (Å²) < 4.78 is 0. The molecule has 4 aromatic rings. The van der Waals surface area contributed by atoms with Crippen molar-refractivity contribution < 1.29 is 0 Å². The van der Waals surface area contributed by atoms with E-state index in [0.717, 1.165) is 10.4 Å². The molecule has 0 heteroatoms. The Bertz CT molecular complexity index is 1070. The molecule has 0 atom stereocenters. The Labute approximate surface area is 117 Å². The summed E-state index contributed by atoms with van der Waals surface area (Å²) in [6.45, 7) is 8.19. The molecule has 0 bridgehead atoms. The van der Waals surface area contributed by atoms with Gasteiger partial charge in [0.05, 0.1) is 0 Å². The number of hydrogen-bond acceptors (Lipinski definition) is 0. The summed E-state index contributed by atoms with van der Waals surface area (Å²) in [6.07, 6.45) is 0. The molecule has 0 N–H and O–H groups in total. The van der Waals surface area contributed by atoms with E-state index < -0.39 is 0 Å². The van der Waals surface area contributed by atoms with Gasteiger partial charge >= 0.3 is 0 Å². The minimum absolute atomic E-state index is 1.05. The van der Waals surface area contributed by atoms with E-state index in [4.69, 9.17) is 0 Å². The highest BCUT2D eigenvalue weighted by Crippen LogP contribution is 2.27. The topological polar surface area (TPSA) is 0 Å². The van der Waals surface area contributed by atoms with Crippen LogP contribution in [0.1, 0.15) is 0 Å². The first-order valence-corrected chi connectivity index (χ1v) is 6.75. The van der Waals surface area contributed by atoms with E-state index >= 15 is 0 Å². The van der Waals surface area contributed by atoms with Crippen molar-refractivity contribution in [2.45, 2.75) is 0 Å². The Kier molecular flexibility index (Phi) is 2.22. The molecule has 0 aliphatic heterocycles. The zero-order chi connectivity index (χ0) is 13.7. The Hall–Kier alpha value is -2.60. The number of rotatable bonds is 0. The highest BCUT2D eigenvalue weighted by atomic mass is 14.1. The van der Waals surface area contributed by atoms with Crippen LogP contribution in [0, 0.1) is 0 Å². The number of hydrogen-bond donors (Lipinski definition) is 0. The lowest BCUT2D eigenvalue weighted by Crippen LogP contribution is -1.99. The van der Waals surface area contributed by atoms with Gasteiger partial charge in [-0.2, -0.15) is 0 Å². The van der Waals surface area contributed by atoms with E-state index in [1.165, 1.54) is 32.3 Å². The van der Waals surface area contributed by atoms with Crippen molar-refractivity contribution in [2.75, 3.05) is 0 Å². The summed E-state index contributed by atoms with van der Waals surface area (Å²) >= 11 is 0. The standard InChI is InChI=1S/C20H14/c1-13-6-7-16-12-19-17(11-18(16)10-13)9-8-15-5-3-4-14(2)20(15)19/h3-12H,1-2H2. The van der Waals surface area contributed by atoms with Crippen LogP contribution in [0.3, 0.4) is 0 Å². The normalized spacial score (nSPS) is 11.4. The second kappa shape index (κ2) is 3.94. The Balaban J connectivity index is 2.30. The third-order valence-electron chi connectivity index (χ3n) is 3.97. The SMILES string of the molecule is C=c1ccc2cc3c(ccc4cccc(=C)c43)cc2c1. The van der Waals surface area contributed by atoms with Crippen LogP contribution in [0.15, 0.2) is 60.7 Å². The molecular weight excluding hydrogens is 240 g/mol. The fourth-order valence-corrected chi connectivity index (χ4v) is 2.99. The highest BCUT2D eigenvalue weighted by Gasteiger charge is 2.03. The Morgan fingerprint density at radius 1 is 0.600 bits per heavy atom. The van der Waals surface area contributed by atoms with Gasteiger partial charge in [-0.25, -0.2) is 0 Å². The molecule has 4 aromatic carbocycles. The maximum absolute atomic E-state index is 4.18. The van der Waals surface area contributed by atoms with E-state index in [2.05, 4.69) is 73.8 Å². The first-order valence-electron chi connectivity index (χ1n) is 6.75. The van der Waals surface area contributed by atoms with E-state index in [0.29, 0.717) is 0 Å². The molecule has 0 saturated carbocycles. The average molecular weight is 254 g/mol. The van der Waals surface area contributed by atoms with Gasteiger partial charge in [0.25, 0.3) is 0 Å². The summed E-state index contributed by atoms with van der Waals surface area (Å²) in [5.74, 6) is 0. The molecule has 0 amide bonds. The molecule has 0 aliphatic carbocycles. The fraction of sp³-hybridized carbons (Fsp3) is 0. The Morgan fingerprint density at radius 2 is 1.40 bits per heavy atom. The maximum atomic E-state index is 4.18. The van der Waals surface area contributed by atoms with Crippen molar-refractivity contribution in [1.29, 1.82) is 0 Å². The van der Waals surface area contributed by atoms with Crippen molar-refractivity contribution in [3.8, 4) is 0 Å². The Morgan fingerprint density at radius 3 is 2.30 bits per heavy atom. The quantitative estimate of drug-likeness (QED) is 0.329. The van der Waals surface area contributed by atoms with Crippen molar-refractivity contribution >= 4 is 45.5 Å². The largest absolute Gasteiger partial charge is 0.0917 e. The second-order valence-electron chi connectivity index (χ2n) is 5.34. The average Bonchev–Trinajstić information content (AvgIpc) is 2.45. The van der Waals surface area contributed by atoms with Crippen molar-refractivity contribution in [3.05, 3.63) is 71.1 Å². The van der Waals surface area contributed by atoms with Crippen molar-refractivity contribution in [3.63, 3.8) is 0 Å². The van der Waals surface area contributed by atoms with E-state index in [-0.39, 0.29) is 0 Å². The zero-order valence-corrected chi connectivity index (χ0v) is 11.2. The van der Waals surface area contributed by atoms with Gasteiger partial charge < -0.3 is 0 Å². The molecular formula is C20H14. The minimum Gasteiger partial charge on any atom is -0.0917 e. The van der Waals surface area contributed by atoms with Gasteiger partial charge in [0.2, 0.25) is 0 Å². The first kappa shape index (κ1) is 11.2. The molecule has 0 aliphatic rings. The van der Waals surface area contributed by atoms with Crippen LogP contribution in [0.4, 0.5) is 0 Å². The summed E-state index contributed by atoms with van der Waals surface area (Å²) in [4.78, 5) is 0. The molecule has 0 radical (unpaired) electrons. The summed E-state index contributed by atoms with van der Waals surface area (Å²) in [7, 11) is 0. The molecule has 94 valence electrons. The lowest BCUT2D eigenvalue weighted by molar-refractivity contribution is 1.69. The lowest BCUT2D eigenvalue weighted by Gasteiger charge is -2.07. The van der Waals surface area contributed by atoms with Gasteiger partial charge in [-0.05, 0) is 61.0 Å². The monoisotopic (exact) mass is 254 g/mol. The van der Waals surface area contributed by atoms with Crippen LogP contribution in [-0.2, 0) is 0 Å². The molecule has 4 rings (SSSR count). The maximum Gasteiger partial charge on any atom is -0.00386 e. The first-order chi connectivity index (χ1) is 9.72. The smallest absolute Gasteiger partial charge is 0.00386 e.